The number of rotatable bonds is 6. The van der Waals surface area contributed by atoms with Gasteiger partial charge in [-0.25, -0.2) is 4.79 Å². The van der Waals surface area contributed by atoms with Gasteiger partial charge in [0.15, 0.2) is 0 Å². The maximum Gasteiger partial charge on any atom is 0.317 e. The normalized spacial score (nSPS) is 16.5. The van der Waals surface area contributed by atoms with E-state index < -0.39 is 0 Å². The van der Waals surface area contributed by atoms with Crippen LogP contribution in [0.25, 0.3) is 10.9 Å². The first-order valence-electron chi connectivity index (χ1n) is 10.4. The summed E-state index contributed by atoms with van der Waals surface area (Å²) >= 11 is 0. The van der Waals surface area contributed by atoms with Crippen LogP contribution < -0.4 is 5.32 Å². The lowest BCUT2D eigenvalue weighted by molar-refractivity contribution is 0.157. The Bertz CT molecular complexity index is 980. The molecule has 1 saturated heterocycles. The van der Waals surface area contributed by atoms with E-state index in [9.17, 15) is 9.90 Å². The number of amides is 2. The molecule has 2 amide bonds. The van der Waals surface area contributed by atoms with Gasteiger partial charge >= 0.3 is 6.03 Å². The van der Waals surface area contributed by atoms with Gasteiger partial charge in [-0.15, -0.1) is 0 Å². The average molecular weight is 392 g/mol. The number of carbonyl (C=O) groups excluding carboxylic acids is 1. The van der Waals surface area contributed by atoms with Crippen molar-refractivity contribution in [2.24, 2.45) is 0 Å². The van der Waals surface area contributed by atoms with Gasteiger partial charge in [0.25, 0.3) is 0 Å². The van der Waals surface area contributed by atoms with Crippen LogP contribution >= 0.6 is 0 Å². The molecular weight excluding hydrogens is 362 g/mol. The third-order valence-electron chi connectivity index (χ3n) is 6.05. The molecule has 0 bridgehead atoms. The molecule has 1 aromatic heterocycles. The van der Waals surface area contributed by atoms with Crippen molar-refractivity contribution in [2.45, 2.75) is 38.8 Å². The molecule has 0 spiro atoms. The molecule has 3 aromatic rings. The monoisotopic (exact) mass is 391 g/mol. The molecule has 4 rings (SSSR count). The number of aromatic nitrogens is 1. The van der Waals surface area contributed by atoms with Crippen LogP contribution in [0.2, 0.25) is 0 Å². The number of para-hydroxylation sites is 1. The quantitative estimate of drug-likeness (QED) is 0.673. The van der Waals surface area contributed by atoms with Crippen LogP contribution in [0.5, 0.6) is 0 Å². The zero-order valence-electron chi connectivity index (χ0n) is 17.0. The summed E-state index contributed by atoms with van der Waals surface area (Å²) in [4.78, 5) is 14.3. The summed E-state index contributed by atoms with van der Waals surface area (Å²) in [5, 5.41) is 13.8. The first kappa shape index (κ1) is 19.5. The van der Waals surface area contributed by atoms with Crippen molar-refractivity contribution in [3.05, 3.63) is 71.4 Å². The Labute approximate surface area is 171 Å². The second-order valence-corrected chi connectivity index (χ2v) is 7.81. The van der Waals surface area contributed by atoms with Crippen LogP contribution in [0, 0.1) is 6.92 Å². The Morgan fingerprint density at radius 1 is 1.14 bits per heavy atom. The first-order valence-corrected chi connectivity index (χ1v) is 10.4. The fourth-order valence-electron chi connectivity index (χ4n) is 4.48. The van der Waals surface area contributed by atoms with Crippen LogP contribution in [-0.4, -0.2) is 46.3 Å². The molecule has 2 N–H and O–H groups in total. The third-order valence-corrected chi connectivity index (χ3v) is 6.05. The lowest BCUT2D eigenvalue weighted by atomic mass is 10.1. The van der Waals surface area contributed by atoms with Gasteiger partial charge in [-0.2, -0.15) is 0 Å². The summed E-state index contributed by atoms with van der Waals surface area (Å²) in [5.74, 6) is 0. The van der Waals surface area contributed by atoms with Gasteiger partial charge < -0.3 is 19.9 Å². The minimum atomic E-state index is -0.0628. The minimum Gasteiger partial charge on any atom is -0.394 e. The second-order valence-electron chi connectivity index (χ2n) is 7.81. The Morgan fingerprint density at radius 3 is 2.69 bits per heavy atom. The highest BCUT2D eigenvalue weighted by Gasteiger charge is 2.27. The van der Waals surface area contributed by atoms with Crippen molar-refractivity contribution in [3.63, 3.8) is 0 Å². The minimum absolute atomic E-state index is 0.0375. The van der Waals surface area contributed by atoms with Crippen molar-refractivity contribution in [1.29, 1.82) is 0 Å². The fourth-order valence-corrected chi connectivity index (χ4v) is 4.48. The largest absolute Gasteiger partial charge is 0.394 e. The molecule has 0 radical (unpaired) electrons. The Balaban J connectivity index is 1.50. The maximum atomic E-state index is 12.5. The van der Waals surface area contributed by atoms with Gasteiger partial charge in [0.2, 0.25) is 0 Å². The summed E-state index contributed by atoms with van der Waals surface area (Å²) < 4.78 is 2.37. The molecule has 5 heteroatoms. The molecular formula is C24H29N3O2. The van der Waals surface area contributed by atoms with E-state index in [4.69, 9.17) is 0 Å². The maximum absolute atomic E-state index is 12.5. The zero-order chi connectivity index (χ0) is 20.2. The van der Waals surface area contributed by atoms with E-state index in [1.807, 2.05) is 6.07 Å². The van der Waals surface area contributed by atoms with E-state index in [2.05, 4.69) is 65.3 Å². The predicted octanol–water partition coefficient (Wildman–Crippen LogP) is 3.71. The molecule has 5 nitrogen and oxygen atoms in total. The number of aliphatic hydroxyl groups excluding tert-OH is 1. The van der Waals surface area contributed by atoms with Gasteiger partial charge in [0.05, 0.1) is 12.6 Å². The van der Waals surface area contributed by atoms with Gasteiger partial charge in [0.1, 0.15) is 0 Å². The van der Waals surface area contributed by atoms with E-state index in [0.717, 1.165) is 32.4 Å². The summed E-state index contributed by atoms with van der Waals surface area (Å²) in [6.07, 6.45) is 2.64. The van der Waals surface area contributed by atoms with Crippen LogP contribution in [0.4, 0.5) is 4.79 Å². The molecule has 2 aromatic carbocycles. The van der Waals surface area contributed by atoms with E-state index in [1.54, 1.807) is 4.90 Å². The molecule has 2 heterocycles. The predicted molar refractivity (Wildman–Crippen MR) is 116 cm³/mol. The number of carbonyl (C=O) groups is 1. The number of hydrogen-bond donors (Lipinski definition) is 2. The third kappa shape index (κ3) is 4.01. The van der Waals surface area contributed by atoms with E-state index in [0.29, 0.717) is 6.54 Å². The Kier molecular flexibility index (Phi) is 5.86. The van der Waals surface area contributed by atoms with Crippen molar-refractivity contribution in [2.75, 3.05) is 19.7 Å². The highest BCUT2D eigenvalue weighted by Crippen LogP contribution is 2.27. The molecule has 0 aliphatic carbocycles. The summed E-state index contributed by atoms with van der Waals surface area (Å²) in [5.41, 5.74) is 5.05. The van der Waals surface area contributed by atoms with Crippen LogP contribution in [0.15, 0.2) is 54.6 Å². The average Bonchev–Trinajstić information content (AvgIpc) is 3.33. The highest BCUT2D eigenvalue weighted by molar-refractivity contribution is 5.85. The first-order chi connectivity index (χ1) is 14.2. The van der Waals surface area contributed by atoms with Crippen LogP contribution in [-0.2, 0) is 13.0 Å². The SMILES string of the molecule is Cc1c(CCNC(=O)N2CCC[C@@H]2CO)c2ccccc2n1Cc1ccccc1. The van der Waals surface area contributed by atoms with Gasteiger partial charge in [0, 0.05) is 36.2 Å². The van der Waals surface area contributed by atoms with Crippen molar-refractivity contribution < 1.29 is 9.90 Å². The van der Waals surface area contributed by atoms with Crippen molar-refractivity contribution in [1.82, 2.24) is 14.8 Å². The van der Waals surface area contributed by atoms with E-state index in [-0.39, 0.29) is 18.7 Å². The lowest BCUT2D eigenvalue weighted by Crippen LogP contribution is -2.44. The fraction of sp³-hybridized carbons (Fsp3) is 0.375. The lowest BCUT2D eigenvalue weighted by Gasteiger charge is -2.23. The van der Waals surface area contributed by atoms with Gasteiger partial charge in [-0.3, -0.25) is 0 Å². The molecule has 1 aliphatic rings. The summed E-state index contributed by atoms with van der Waals surface area (Å²) in [6, 6.07) is 18.9. The molecule has 0 saturated carbocycles. The standard InChI is InChI=1S/C24H29N3O2/c1-18-21(13-14-25-24(29)26-15-7-10-20(26)17-28)22-11-5-6-12-23(22)27(18)16-19-8-3-2-4-9-19/h2-6,8-9,11-12,20,28H,7,10,13-17H2,1H3,(H,25,29)/t20-/m1/s1. The Hall–Kier alpha value is -2.79. The number of aliphatic hydroxyl groups is 1. The number of nitrogens with one attached hydrogen (secondary N) is 1. The second kappa shape index (κ2) is 8.70. The number of fused-ring (bicyclic) bond motifs is 1. The Morgan fingerprint density at radius 2 is 1.90 bits per heavy atom. The molecule has 29 heavy (non-hydrogen) atoms. The van der Waals surface area contributed by atoms with Crippen LogP contribution in [0.1, 0.15) is 29.7 Å². The molecule has 1 aliphatic heterocycles. The smallest absolute Gasteiger partial charge is 0.317 e. The van der Waals surface area contributed by atoms with E-state index >= 15 is 0 Å². The topological polar surface area (TPSA) is 57.5 Å². The van der Waals surface area contributed by atoms with Gasteiger partial charge in [-0.1, -0.05) is 48.5 Å². The molecule has 0 unspecified atom stereocenters. The molecule has 1 fully saturated rings. The molecule has 152 valence electrons. The number of hydrogen-bond acceptors (Lipinski definition) is 2. The van der Waals surface area contributed by atoms with Crippen molar-refractivity contribution >= 4 is 16.9 Å². The summed E-state index contributed by atoms with van der Waals surface area (Å²) in [6.45, 7) is 4.37. The summed E-state index contributed by atoms with van der Waals surface area (Å²) in [7, 11) is 0. The zero-order valence-corrected chi connectivity index (χ0v) is 17.0. The number of nitrogens with zero attached hydrogens (tertiary/aromatic N) is 2. The molecule has 1 atom stereocenters. The van der Waals surface area contributed by atoms with E-state index in [1.165, 1.54) is 27.7 Å². The number of likely N-dealkylation sites (tertiary alicyclic amines) is 1. The number of urea groups is 1. The van der Waals surface area contributed by atoms with Crippen LogP contribution in [0.3, 0.4) is 0 Å². The highest BCUT2D eigenvalue weighted by atomic mass is 16.3. The van der Waals surface area contributed by atoms with Gasteiger partial charge in [-0.05, 0) is 43.4 Å². The van der Waals surface area contributed by atoms with Crippen molar-refractivity contribution in [3.8, 4) is 0 Å². The number of benzene rings is 2.